The highest BCUT2D eigenvalue weighted by Gasteiger charge is 2.27. The summed E-state index contributed by atoms with van der Waals surface area (Å²) in [5, 5.41) is 5.16. The second-order valence-corrected chi connectivity index (χ2v) is 7.99. The first-order valence-electron chi connectivity index (χ1n) is 7.48. The highest BCUT2D eigenvalue weighted by atomic mass is 79.9. The molecule has 1 saturated carbocycles. The molecule has 0 aliphatic heterocycles. The van der Waals surface area contributed by atoms with Crippen LogP contribution in [0.4, 0.5) is 0 Å². The van der Waals surface area contributed by atoms with Gasteiger partial charge in [-0.25, -0.2) is 13.6 Å². The van der Waals surface area contributed by atoms with E-state index in [4.69, 9.17) is 5.14 Å². The van der Waals surface area contributed by atoms with Gasteiger partial charge in [0.2, 0.25) is 10.0 Å². The van der Waals surface area contributed by atoms with Crippen LogP contribution in [0.2, 0.25) is 0 Å². The molecule has 0 unspecified atom stereocenters. The van der Waals surface area contributed by atoms with Crippen molar-refractivity contribution in [2.24, 2.45) is 5.14 Å². The number of carbonyl (C=O) groups excluding carboxylic acids is 1. The van der Waals surface area contributed by atoms with Gasteiger partial charge in [0.1, 0.15) is 0 Å². The minimum Gasteiger partial charge on any atom is -0.336 e. The summed E-state index contributed by atoms with van der Waals surface area (Å²) in [7, 11) is -3.82. The minimum atomic E-state index is -3.82. The van der Waals surface area contributed by atoms with Gasteiger partial charge in [-0.2, -0.15) is 0 Å². The zero-order valence-electron chi connectivity index (χ0n) is 12.6. The van der Waals surface area contributed by atoms with Crippen LogP contribution in [0.15, 0.2) is 27.6 Å². The summed E-state index contributed by atoms with van der Waals surface area (Å²) >= 11 is 3.34. The van der Waals surface area contributed by atoms with Crippen molar-refractivity contribution in [1.82, 2.24) is 4.90 Å². The number of primary sulfonamides is 1. The fourth-order valence-corrected chi connectivity index (χ4v) is 3.92. The maximum Gasteiger partial charge on any atom is 0.255 e. The normalized spacial score (nSPS) is 16.5. The van der Waals surface area contributed by atoms with Crippen molar-refractivity contribution in [3.8, 4) is 0 Å². The number of hydrogen-bond donors (Lipinski definition) is 1. The summed E-state index contributed by atoms with van der Waals surface area (Å²) < 4.78 is 23.6. The van der Waals surface area contributed by atoms with E-state index in [0.29, 0.717) is 16.6 Å². The predicted molar refractivity (Wildman–Crippen MR) is 89.1 cm³/mol. The van der Waals surface area contributed by atoms with Crippen molar-refractivity contribution in [3.63, 3.8) is 0 Å². The minimum absolute atomic E-state index is 0.0428. The number of amides is 1. The molecule has 1 aliphatic rings. The van der Waals surface area contributed by atoms with Gasteiger partial charge in [0.15, 0.2) is 0 Å². The van der Waals surface area contributed by atoms with E-state index >= 15 is 0 Å². The first-order chi connectivity index (χ1) is 10.3. The fraction of sp³-hybridized carbons (Fsp3) is 0.533. The Hall–Kier alpha value is -0.920. The predicted octanol–water partition coefficient (Wildman–Crippen LogP) is 2.89. The van der Waals surface area contributed by atoms with Crippen molar-refractivity contribution in [1.29, 1.82) is 0 Å². The van der Waals surface area contributed by atoms with Crippen molar-refractivity contribution in [2.45, 2.75) is 50.0 Å². The molecule has 1 amide bonds. The monoisotopic (exact) mass is 388 g/mol. The van der Waals surface area contributed by atoms with Crippen LogP contribution in [0.3, 0.4) is 0 Å². The Bertz CT molecular complexity index is 655. The summed E-state index contributed by atoms with van der Waals surface area (Å²) in [6.45, 7) is 2.56. The zero-order chi connectivity index (χ0) is 16.3. The number of halogens is 1. The summed E-state index contributed by atoms with van der Waals surface area (Å²) in [5.41, 5.74) is 0.346. The Balaban J connectivity index is 2.34. The lowest BCUT2D eigenvalue weighted by atomic mass is 9.93. The topological polar surface area (TPSA) is 80.5 Å². The van der Waals surface area contributed by atoms with Gasteiger partial charge < -0.3 is 4.90 Å². The summed E-state index contributed by atoms with van der Waals surface area (Å²) in [5.74, 6) is -0.147. The van der Waals surface area contributed by atoms with Gasteiger partial charge in [0.25, 0.3) is 5.91 Å². The number of carbonyl (C=O) groups is 1. The number of nitrogens with zero attached hydrogens (tertiary/aromatic N) is 1. The quantitative estimate of drug-likeness (QED) is 0.860. The van der Waals surface area contributed by atoms with Crippen LogP contribution in [0.5, 0.6) is 0 Å². The van der Waals surface area contributed by atoms with E-state index in [9.17, 15) is 13.2 Å². The first kappa shape index (κ1) is 17.4. The van der Waals surface area contributed by atoms with Gasteiger partial charge >= 0.3 is 0 Å². The van der Waals surface area contributed by atoms with Crippen molar-refractivity contribution >= 4 is 31.9 Å². The van der Waals surface area contributed by atoms with E-state index < -0.39 is 10.0 Å². The molecule has 0 atom stereocenters. The van der Waals surface area contributed by atoms with E-state index in [1.165, 1.54) is 18.6 Å². The number of sulfonamides is 1. The van der Waals surface area contributed by atoms with Gasteiger partial charge in [0, 0.05) is 17.1 Å². The fourth-order valence-electron chi connectivity index (χ4n) is 2.96. The van der Waals surface area contributed by atoms with Crippen LogP contribution in [-0.2, 0) is 10.0 Å². The summed E-state index contributed by atoms with van der Waals surface area (Å²) in [6.07, 6.45) is 5.49. The second kappa shape index (κ2) is 7.10. The molecule has 0 aromatic heterocycles. The van der Waals surface area contributed by atoms with E-state index in [-0.39, 0.29) is 16.8 Å². The Kier molecular flexibility index (Phi) is 5.63. The lowest BCUT2D eigenvalue weighted by molar-refractivity contribution is 0.0646. The molecule has 7 heteroatoms. The number of rotatable bonds is 4. The third-order valence-corrected chi connectivity index (χ3v) is 5.72. The molecule has 0 radical (unpaired) electrons. The molecular formula is C15H21BrN2O3S. The van der Waals surface area contributed by atoms with Crippen LogP contribution in [0, 0.1) is 0 Å². The van der Waals surface area contributed by atoms with Crippen LogP contribution < -0.4 is 5.14 Å². The largest absolute Gasteiger partial charge is 0.336 e. The number of benzene rings is 1. The molecule has 1 fully saturated rings. The Morgan fingerprint density at radius 2 is 1.95 bits per heavy atom. The molecule has 0 saturated heterocycles. The molecule has 2 N–H and O–H groups in total. The van der Waals surface area contributed by atoms with E-state index in [0.717, 1.165) is 25.7 Å². The molecule has 0 bridgehead atoms. The van der Waals surface area contributed by atoms with Crippen LogP contribution in [0.25, 0.3) is 0 Å². The first-order valence-corrected chi connectivity index (χ1v) is 9.82. The van der Waals surface area contributed by atoms with Gasteiger partial charge in [-0.15, -0.1) is 0 Å². The van der Waals surface area contributed by atoms with Gasteiger partial charge in [-0.1, -0.05) is 19.3 Å². The molecule has 2 rings (SSSR count). The van der Waals surface area contributed by atoms with Crippen molar-refractivity contribution in [3.05, 3.63) is 28.2 Å². The van der Waals surface area contributed by atoms with E-state index in [1.807, 2.05) is 11.8 Å². The molecule has 5 nitrogen and oxygen atoms in total. The molecule has 22 heavy (non-hydrogen) atoms. The zero-order valence-corrected chi connectivity index (χ0v) is 15.0. The molecule has 122 valence electrons. The average Bonchev–Trinajstić information content (AvgIpc) is 2.48. The highest BCUT2D eigenvalue weighted by molar-refractivity contribution is 9.10. The Labute approximate surface area is 140 Å². The average molecular weight is 389 g/mol. The van der Waals surface area contributed by atoms with Gasteiger partial charge in [0.05, 0.1) is 10.5 Å². The van der Waals surface area contributed by atoms with Crippen LogP contribution in [-0.4, -0.2) is 31.8 Å². The van der Waals surface area contributed by atoms with Crippen molar-refractivity contribution < 1.29 is 13.2 Å². The molecule has 1 aromatic rings. The van der Waals surface area contributed by atoms with E-state index in [1.54, 1.807) is 6.07 Å². The third kappa shape index (κ3) is 3.88. The smallest absolute Gasteiger partial charge is 0.255 e. The third-order valence-electron chi connectivity index (χ3n) is 4.11. The van der Waals surface area contributed by atoms with Gasteiger partial charge in [-0.05, 0) is 53.9 Å². The standard InChI is InChI=1S/C15H21BrN2O3S/c1-2-18(11-6-4-3-5-7-11)15(19)13-10-12(22(17,20)21)8-9-14(13)16/h8-11H,2-7H2,1H3,(H2,17,20,21). The number of nitrogens with two attached hydrogens (primary N) is 1. The molecular weight excluding hydrogens is 368 g/mol. The van der Waals surface area contributed by atoms with Crippen LogP contribution >= 0.6 is 15.9 Å². The maximum absolute atomic E-state index is 12.8. The van der Waals surface area contributed by atoms with E-state index in [2.05, 4.69) is 15.9 Å². The summed E-state index contributed by atoms with van der Waals surface area (Å²) in [6, 6.07) is 4.54. The molecule has 1 aliphatic carbocycles. The second-order valence-electron chi connectivity index (χ2n) is 5.57. The molecule has 1 aromatic carbocycles. The SMILES string of the molecule is CCN(C(=O)c1cc(S(N)(=O)=O)ccc1Br)C1CCCCC1. The molecule has 0 spiro atoms. The van der Waals surface area contributed by atoms with Gasteiger partial charge in [-0.3, -0.25) is 4.79 Å². The van der Waals surface area contributed by atoms with Crippen LogP contribution in [0.1, 0.15) is 49.4 Å². The highest BCUT2D eigenvalue weighted by Crippen LogP contribution is 2.27. The summed E-state index contributed by atoms with van der Waals surface area (Å²) in [4.78, 5) is 14.6. The lowest BCUT2D eigenvalue weighted by Gasteiger charge is -2.34. The molecule has 0 heterocycles. The maximum atomic E-state index is 12.8. The Morgan fingerprint density at radius 1 is 1.32 bits per heavy atom. The lowest BCUT2D eigenvalue weighted by Crippen LogP contribution is -2.41. The number of hydrogen-bond acceptors (Lipinski definition) is 3. The van der Waals surface area contributed by atoms with Crippen molar-refractivity contribution in [2.75, 3.05) is 6.54 Å². The Morgan fingerprint density at radius 3 is 2.50 bits per heavy atom.